The number of hydrogen-bond donors (Lipinski definition) is 0. The van der Waals surface area contributed by atoms with E-state index in [1.54, 1.807) is 27.7 Å². The molecule has 3 heteroatoms. The minimum atomic E-state index is -1.28. The topological polar surface area (TPSA) is 38.4 Å². The van der Waals surface area contributed by atoms with Crippen LogP contribution in [0.5, 0.6) is 0 Å². The summed E-state index contributed by atoms with van der Waals surface area (Å²) in [6.07, 6.45) is -1.28. The molecule has 11 heavy (non-hydrogen) atoms. The summed E-state index contributed by atoms with van der Waals surface area (Å²) in [6, 6.07) is 0. The van der Waals surface area contributed by atoms with Crippen LogP contribution in [0.3, 0.4) is 0 Å². The van der Waals surface area contributed by atoms with Crippen molar-refractivity contribution in [1.82, 2.24) is 0 Å². The lowest BCUT2D eigenvalue weighted by molar-refractivity contribution is -0.409. The second-order valence-corrected chi connectivity index (χ2v) is 3.47. The van der Waals surface area contributed by atoms with Crippen LogP contribution in [0.2, 0.25) is 0 Å². The molecular formula is C8H15O3. The standard InChI is InChI=1S/C8H15O3/c1-6(2)7(9)10-11-8(3,4)5/h7H,1H2,2-5H3. The summed E-state index contributed by atoms with van der Waals surface area (Å²) < 4.78 is 0. The first-order valence-corrected chi connectivity index (χ1v) is 3.48. The molecule has 0 rings (SSSR count). The Morgan fingerprint density at radius 1 is 1.45 bits per heavy atom. The molecule has 0 aliphatic rings. The smallest absolute Gasteiger partial charge is 0.228 e. The molecule has 0 amide bonds. The third-order valence-electron chi connectivity index (χ3n) is 0.788. The molecule has 1 radical (unpaired) electrons. The van der Waals surface area contributed by atoms with Crippen molar-refractivity contribution in [2.75, 3.05) is 0 Å². The van der Waals surface area contributed by atoms with Crippen molar-refractivity contribution in [2.45, 2.75) is 39.6 Å². The molecule has 1 unspecified atom stereocenters. The average molecular weight is 159 g/mol. The first-order valence-electron chi connectivity index (χ1n) is 3.48. The first kappa shape index (κ1) is 10.6. The summed E-state index contributed by atoms with van der Waals surface area (Å²) in [5.74, 6) is 0. The lowest BCUT2D eigenvalue weighted by Crippen LogP contribution is -2.23. The summed E-state index contributed by atoms with van der Waals surface area (Å²) in [4.78, 5) is 9.29. The third kappa shape index (κ3) is 6.04. The SMILES string of the molecule is C=C(C)C([O])OOC(C)(C)C. The van der Waals surface area contributed by atoms with Gasteiger partial charge in [-0.15, -0.1) is 0 Å². The molecule has 0 aromatic rings. The number of rotatable bonds is 3. The zero-order chi connectivity index (χ0) is 9.07. The van der Waals surface area contributed by atoms with E-state index in [1.807, 2.05) is 0 Å². The zero-order valence-corrected chi connectivity index (χ0v) is 7.51. The van der Waals surface area contributed by atoms with Gasteiger partial charge in [-0.2, -0.15) is 9.99 Å². The lowest BCUT2D eigenvalue weighted by Gasteiger charge is -2.19. The predicted molar refractivity (Wildman–Crippen MR) is 41.2 cm³/mol. The summed E-state index contributed by atoms with van der Waals surface area (Å²) >= 11 is 0. The Kier molecular flexibility index (Phi) is 3.72. The highest BCUT2D eigenvalue weighted by Crippen LogP contribution is 2.10. The van der Waals surface area contributed by atoms with Gasteiger partial charge < -0.3 is 0 Å². The highest BCUT2D eigenvalue weighted by molar-refractivity contribution is 4.90. The monoisotopic (exact) mass is 159 g/mol. The van der Waals surface area contributed by atoms with Crippen LogP contribution in [0.4, 0.5) is 0 Å². The largest absolute Gasteiger partial charge is 0.245 e. The quantitative estimate of drug-likeness (QED) is 0.273. The Balaban J connectivity index is 3.63. The molecule has 0 aromatic heterocycles. The lowest BCUT2D eigenvalue weighted by atomic mass is 10.2. The molecule has 0 N–H and O–H groups in total. The van der Waals surface area contributed by atoms with E-state index in [4.69, 9.17) is 4.89 Å². The van der Waals surface area contributed by atoms with E-state index in [1.165, 1.54) is 0 Å². The van der Waals surface area contributed by atoms with Crippen molar-refractivity contribution in [3.05, 3.63) is 12.2 Å². The minimum absolute atomic E-state index is 0.411. The van der Waals surface area contributed by atoms with Crippen molar-refractivity contribution in [3.8, 4) is 0 Å². The number of hydrogen-bond acceptors (Lipinski definition) is 2. The van der Waals surface area contributed by atoms with Gasteiger partial charge in [-0.25, -0.2) is 4.89 Å². The molecule has 0 fully saturated rings. The fourth-order valence-electron chi connectivity index (χ4n) is 0.270. The van der Waals surface area contributed by atoms with Gasteiger partial charge >= 0.3 is 0 Å². The van der Waals surface area contributed by atoms with E-state index in [-0.39, 0.29) is 0 Å². The van der Waals surface area contributed by atoms with Gasteiger partial charge in [0.05, 0.1) is 5.60 Å². The molecule has 65 valence electrons. The van der Waals surface area contributed by atoms with E-state index in [0.717, 1.165) is 0 Å². The maximum Gasteiger partial charge on any atom is 0.245 e. The molecule has 0 saturated heterocycles. The average Bonchev–Trinajstić information content (AvgIpc) is 1.80. The first-order chi connectivity index (χ1) is 4.83. The molecule has 0 heterocycles. The minimum Gasteiger partial charge on any atom is -0.228 e. The van der Waals surface area contributed by atoms with Gasteiger partial charge in [-0.3, -0.25) is 0 Å². The van der Waals surface area contributed by atoms with E-state index >= 15 is 0 Å². The molecule has 3 nitrogen and oxygen atoms in total. The highest BCUT2D eigenvalue weighted by atomic mass is 17.2. The summed E-state index contributed by atoms with van der Waals surface area (Å²) in [5.41, 5.74) is -0.0350. The van der Waals surface area contributed by atoms with Crippen LogP contribution in [-0.2, 0) is 14.9 Å². The van der Waals surface area contributed by atoms with Crippen LogP contribution < -0.4 is 0 Å². The predicted octanol–water partition coefficient (Wildman–Crippen LogP) is 2.07. The third-order valence-corrected chi connectivity index (χ3v) is 0.788. The van der Waals surface area contributed by atoms with E-state index in [9.17, 15) is 5.11 Å². The van der Waals surface area contributed by atoms with Gasteiger partial charge in [0.2, 0.25) is 6.29 Å². The molecule has 0 aliphatic carbocycles. The fraction of sp³-hybridized carbons (Fsp3) is 0.750. The maximum absolute atomic E-state index is 10.8. The Labute approximate surface area is 67.6 Å². The second kappa shape index (κ2) is 3.85. The summed E-state index contributed by atoms with van der Waals surface area (Å²) in [7, 11) is 0. The van der Waals surface area contributed by atoms with Crippen LogP contribution >= 0.6 is 0 Å². The maximum atomic E-state index is 10.8. The summed E-state index contributed by atoms with van der Waals surface area (Å²) in [5, 5.41) is 10.8. The van der Waals surface area contributed by atoms with Gasteiger partial charge in [0.25, 0.3) is 0 Å². The van der Waals surface area contributed by atoms with Gasteiger partial charge in [0, 0.05) is 0 Å². The molecule has 0 bridgehead atoms. The van der Waals surface area contributed by atoms with Gasteiger partial charge in [0.15, 0.2) is 0 Å². The zero-order valence-electron chi connectivity index (χ0n) is 7.51. The van der Waals surface area contributed by atoms with Crippen LogP contribution in [0, 0.1) is 0 Å². The van der Waals surface area contributed by atoms with Crippen molar-refractivity contribution < 1.29 is 14.9 Å². The van der Waals surface area contributed by atoms with Crippen molar-refractivity contribution >= 4 is 0 Å². The molecule has 1 atom stereocenters. The van der Waals surface area contributed by atoms with Crippen LogP contribution in [0.1, 0.15) is 27.7 Å². The molecule has 0 aliphatic heterocycles. The van der Waals surface area contributed by atoms with Gasteiger partial charge in [0.1, 0.15) is 0 Å². The summed E-state index contributed by atoms with van der Waals surface area (Å²) in [6.45, 7) is 10.5. The van der Waals surface area contributed by atoms with E-state index in [0.29, 0.717) is 5.57 Å². The van der Waals surface area contributed by atoms with Crippen LogP contribution in [-0.4, -0.2) is 11.9 Å². The van der Waals surface area contributed by atoms with Gasteiger partial charge in [-0.1, -0.05) is 6.58 Å². The van der Waals surface area contributed by atoms with E-state index in [2.05, 4.69) is 11.5 Å². The van der Waals surface area contributed by atoms with E-state index < -0.39 is 11.9 Å². The van der Waals surface area contributed by atoms with Gasteiger partial charge in [-0.05, 0) is 33.3 Å². The Bertz CT molecular complexity index is 135. The molecular weight excluding hydrogens is 144 g/mol. The Morgan fingerprint density at radius 3 is 2.18 bits per heavy atom. The molecule has 0 spiro atoms. The molecule has 0 saturated carbocycles. The Morgan fingerprint density at radius 2 is 1.91 bits per heavy atom. The fourth-order valence-corrected chi connectivity index (χ4v) is 0.270. The van der Waals surface area contributed by atoms with Crippen molar-refractivity contribution in [2.24, 2.45) is 0 Å². The van der Waals surface area contributed by atoms with Crippen LogP contribution in [0.25, 0.3) is 0 Å². The second-order valence-electron chi connectivity index (χ2n) is 3.47. The van der Waals surface area contributed by atoms with Crippen molar-refractivity contribution in [1.29, 1.82) is 0 Å². The van der Waals surface area contributed by atoms with Crippen molar-refractivity contribution in [3.63, 3.8) is 0 Å². The molecule has 0 aromatic carbocycles. The highest BCUT2D eigenvalue weighted by Gasteiger charge is 2.16. The normalized spacial score (nSPS) is 14.6. The van der Waals surface area contributed by atoms with Crippen LogP contribution in [0.15, 0.2) is 12.2 Å². The Hall–Kier alpha value is -0.380.